The van der Waals surface area contributed by atoms with E-state index in [9.17, 15) is 0 Å². The number of hydrogen-bond donors (Lipinski definition) is 1. The number of rotatable bonds is 1. The smallest absolute Gasteiger partial charge is 0.257 e. The molecule has 1 aromatic rings. The fourth-order valence-corrected chi connectivity index (χ4v) is 1.07. The Balaban J connectivity index is 2.23. The van der Waals surface area contributed by atoms with Gasteiger partial charge in [-0.15, -0.1) is 0 Å². The van der Waals surface area contributed by atoms with Gasteiger partial charge in [-0.1, -0.05) is 0 Å². The Hall–Kier alpha value is -1.29. The molecule has 1 aliphatic heterocycles. The Morgan fingerprint density at radius 1 is 1.67 bits per heavy atom. The maximum Gasteiger partial charge on any atom is 0.257 e. The van der Waals surface area contributed by atoms with Crippen LogP contribution in [0, 0.1) is 0 Å². The van der Waals surface area contributed by atoms with E-state index in [0.29, 0.717) is 24.8 Å². The summed E-state index contributed by atoms with van der Waals surface area (Å²) < 4.78 is 10.8. The normalized spacial score (nSPS) is 20.6. The van der Waals surface area contributed by atoms with Crippen LogP contribution in [0.25, 0.3) is 0 Å². The highest BCUT2D eigenvalue weighted by atomic mass is 16.6. The molecule has 0 radical (unpaired) electrons. The van der Waals surface area contributed by atoms with Crippen molar-refractivity contribution < 1.29 is 9.47 Å². The largest absolute Gasteiger partial charge is 0.484 e. The molecule has 0 saturated carbocycles. The lowest BCUT2D eigenvalue weighted by molar-refractivity contribution is 0.0907. The van der Waals surface area contributed by atoms with Gasteiger partial charge in [0.2, 0.25) is 0 Å². The molecular weight excluding hydrogens is 156 g/mol. The predicted molar refractivity (Wildman–Crippen MR) is 43.2 cm³/mol. The molecule has 0 aliphatic carbocycles. The molecule has 2 heterocycles. The predicted octanol–water partition coefficient (Wildman–Crippen LogP) is 0.180. The van der Waals surface area contributed by atoms with Crippen LogP contribution < -0.4 is 15.2 Å². The van der Waals surface area contributed by atoms with Crippen LogP contribution in [0.1, 0.15) is 0 Å². The lowest BCUT2D eigenvalue weighted by atomic mass is 10.3. The number of nitrogens with zero attached hydrogens (tertiary/aromatic N) is 1. The lowest BCUT2D eigenvalue weighted by Crippen LogP contribution is -2.36. The summed E-state index contributed by atoms with van der Waals surface area (Å²) in [5, 5.41) is 0. The third-order valence-corrected chi connectivity index (χ3v) is 1.70. The molecule has 0 bridgehead atoms. The van der Waals surface area contributed by atoms with Crippen LogP contribution in [0.15, 0.2) is 18.3 Å². The van der Waals surface area contributed by atoms with Crippen molar-refractivity contribution in [3.05, 3.63) is 18.3 Å². The summed E-state index contributed by atoms with van der Waals surface area (Å²) in [5.41, 5.74) is 5.43. The van der Waals surface area contributed by atoms with Crippen LogP contribution in [0.4, 0.5) is 0 Å². The summed E-state index contributed by atoms with van der Waals surface area (Å²) in [6, 6.07) is 3.64. The van der Waals surface area contributed by atoms with E-state index in [1.54, 1.807) is 6.20 Å². The molecule has 0 fully saturated rings. The first-order chi connectivity index (χ1) is 5.90. The van der Waals surface area contributed by atoms with E-state index in [2.05, 4.69) is 4.98 Å². The first kappa shape index (κ1) is 7.36. The van der Waals surface area contributed by atoms with Gasteiger partial charge in [0, 0.05) is 12.7 Å². The highest BCUT2D eigenvalue weighted by Gasteiger charge is 2.19. The second kappa shape index (κ2) is 2.98. The van der Waals surface area contributed by atoms with Crippen molar-refractivity contribution in [3.8, 4) is 11.6 Å². The zero-order valence-electron chi connectivity index (χ0n) is 6.56. The summed E-state index contributed by atoms with van der Waals surface area (Å²) in [6.07, 6.45) is 1.61. The molecule has 2 N–H and O–H groups in total. The molecule has 0 aromatic carbocycles. The summed E-state index contributed by atoms with van der Waals surface area (Å²) in [6.45, 7) is 0.963. The van der Waals surface area contributed by atoms with Crippen molar-refractivity contribution in [3.63, 3.8) is 0 Å². The van der Waals surface area contributed by atoms with Crippen molar-refractivity contribution in [2.45, 2.75) is 6.10 Å². The molecular formula is C8H10N2O2. The minimum absolute atomic E-state index is 0.0626. The SMILES string of the molecule is NCC1COc2cccnc2O1. The van der Waals surface area contributed by atoms with Crippen molar-refractivity contribution in [1.29, 1.82) is 0 Å². The number of aromatic nitrogens is 1. The number of ether oxygens (including phenoxy) is 2. The monoisotopic (exact) mass is 166 g/mol. The minimum Gasteiger partial charge on any atom is -0.484 e. The second-order valence-corrected chi connectivity index (χ2v) is 2.59. The first-order valence-electron chi connectivity index (χ1n) is 3.84. The first-order valence-corrected chi connectivity index (χ1v) is 3.84. The van der Waals surface area contributed by atoms with Crippen molar-refractivity contribution in [2.24, 2.45) is 5.73 Å². The maximum atomic E-state index is 5.43. The Labute approximate surface area is 70.3 Å². The van der Waals surface area contributed by atoms with Crippen LogP contribution in [0.2, 0.25) is 0 Å². The molecule has 4 heteroatoms. The Morgan fingerprint density at radius 3 is 3.42 bits per heavy atom. The van der Waals surface area contributed by atoms with Gasteiger partial charge in [-0.3, -0.25) is 0 Å². The van der Waals surface area contributed by atoms with Gasteiger partial charge in [-0.2, -0.15) is 0 Å². The van der Waals surface area contributed by atoms with Gasteiger partial charge in [-0.25, -0.2) is 4.98 Å². The number of pyridine rings is 1. The summed E-state index contributed by atoms with van der Waals surface area (Å²) in [7, 11) is 0. The fourth-order valence-electron chi connectivity index (χ4n) is 1.07. The van der Waals surface area contributed by atoms with Gasteiger partial charge in [0.25, 0.3) is 5.88 Å². The van der Waals surface area contributed by atoms with Gasteiger partial charge < -0.3 is 15.2 Å². The summed E-state index contributed by atoms with van der Waals surface area (Å²) in [4.78, 5) is 4.01. The Kier molecular flexibility index (Phi) is 1.83. The van der Waals surface area contributed by atoms with Gasteiger partial charge in [0.15, 0.2) is 5.75 Å². The van der Waals surface area contributed by atoms with E-state index in [1.807, 2.05) is 12.1 Å². The van der Waals surface area contributed by atoms with Crippen molar-refractivity contribution in [2.75, 3.05) is 13.2 Å². The van der Waals surface area contributed by atoms with Gasteiger partial charge >= 0.3 is 0 Å². The quantitative estimate of drug-likeness (QED) is 0.646. The minimum atomic E-state index is -0.0626. The maximum absolute atomic E-state index is 5.43. The van der Waals surface area contributed by atoms with Gasteiger partial charge in [0.1, 0.15) is 12.7 Å². The highest BCUT2D eigenvalue weighted by Crippen LogP contribution is 2.27. The molecule has 0 spiro atoms. The van der Waals surface area contributed by atoms with Crippen molar-refractivity contribution >= 4 is 0 Å². The third-order valence-electron chi connectivity index (χ3n) is 1.70. The van der Waals surface area contributed by atoms with Crippen LogP contribution in [0.3, 0.4) is 0 Å². The van der Waals surface area contributed by atoms with E-state index in [4.69, 9.17) is 15.2 Å². The van der Waals surface area contributed by atoms with Crippen LogP contribution >= 0.6 is 0 Å². The third kappa shape index (κ3) is 1.21. The molecule has 2 rings (SSSR count). The van der Waals surface area contributed by atoms with Crippen molar-refractivity contribution in [1.82, 2.24) is 4.98 Å². The molecule has 1 aliphatic rings. The van der Waals surface area contributed by atoms with Crippen LogP contribution in [0.5, 0.6) is 11.6 Å². The van der Waals surface area contributed by atoms with Gasteiger partial charge in [0.05, 0.1) is 0 Å². The average molecular weight is 166 g/mol. The van der Waals surface area contributed by atoms with E-state index < -0.39 is 0 Å². The van der Waals surface area contributed by atoms with E-state index in [1.165, 1.54) is 0 Å². The number of nitrogens with two attached hydrogens (primary N) is 1. The summed E-state index contributed by atoms with van der Waals surface area (Å²) >= 11 is 0. The average Bonchev–Trinajstić information content (AvgIpc) is 2.17. The zero-order valence-corrected chi connectivity index (χ0v) is 6.56. The molecule has 1 aromatic heterocycles. The lowest BCUT2D eigenvalue weighted by Gasteiger charge is -2.23. The van der Waals surface area contributed by atoms with E-state index in [-0.39, 0.29) is 6.10 Å². The molecule has 0 amide bonds. The van der Waals surface area contributed by atoms with E-state index in [0.717, 1.165) is 0 Å². The molecule has 4 nitrogen and oxygen atoms in total. The molecule has 1 unspecified atom stereocenters. The topological polar surface area (TPSA) is 57.4 Å². The molecule has 64 valence electrons. The molecule has 12 heavy (non-hydrogen) atoms. The zero-order chi connectivity index (χ0) is 8.39. The Morgan fingerprint density at radius 2 is 2.58 bits per heavy atom. The van der Waals surface area contributed by atoms with Gasteiger partial charge in [-0.05, 0) is 12.1 Å². The number of fused-ring (bicyclic) bond motifs is 1. The number of hydrogen-bond acceptors (Lipinski definition) is 4. The molecule has 0 saturated heterocycles. The standard InChI is InChI=1S/C8H10N2O2/c9-4-6-5-11-7-2-1-3-10-8(7)12-6/h1-3,6H,4-5,9H2. The molecule has 1 atom stereocenters. The summed E-state index contributed by atoms with van der Waals surface area (Å²) in [5.74, 6) is 1.24. The van der Waals surface area contributed by atoms with Crippen LogP contribution in [-0.4, -0.2) is 24.2 Å². The van der Waals surface area contributed by atoms with E-state index >= 15 is 0 Å². The second-order valence-electron chi connectivity index (χ2n) is 2.59. The fraction of sp³-hybridized carbons (Fsp3) is 0.375. The Bertz CT molecular complexity index is 278. The van der Waals surface area contributed by atoms with Crippen LogP contribution in [-0.2, 0) is 0 Å². The highest BCUT2D eigenvalue weighted by molar-refractivity contribution is 5.33.